The Morgan fingerprint density at radius 3 is 2.38 bits per heavy atom. The van der Waals surface area contributed by atoms with Crippen molar-refractivity contribution in [2.75, 3.05) is 32.7 Å². The standard InChI is InChI=1S/C18H26N2O/c21-18(17-9-10-17)20-14-12-19(13-15-20)11-5-4-8-16-6-2-1-3-7-16/h1-3,6-7,17H,4-5,8-15H2. The largest absolute Gasteiger partial charge is 0.340 e. The Hall–Kier alpha value is -1.35. The summed E-state index contributed by atoms with van der Waals surface area (Å²) in [5, 5.41) is 0. The summed E-state index contributed by atoms with van der Waals surface area (Å²) in [5.41, 5.74) is 1.44. The minimum absolute atomic E-state index is 0.377. The van der Waals surface area contributed by atoms with Gasteiger partial charge in [0.1, 0.15) is 0 Å². The fourth-order valence-electron chi connectivity index (χ4n) is 3.09. The average molecular weight is 286 g/mol. The number of piperazine rings is 1. The van der Waals surface area contributed by atoms with Crippen LogP contribution in [0.15, 0.2) is 30.3 Å². The summed E-state index contributed by atoms with van der Waals surface area (Å²) in [6.45, 7) is 5.17. The van der Waals surface area contributed by atoms with Gasteiger partial charge in [-0.2, -0.15) is 0 Å². The van der Waals surface area contributed by atoms with Crippen molar-refractivity contribution in [1.29, 1.82) is 0 Å². The van der Waals surface area contributed by atoms with E-state index in [0.29, 0.717) is 11.8 Å². The van der Waals surface area contributed by atoms with Gasteiger partial charge in [0.15, 0.2) is 0 Å². The number of amides is 1. The summed E-state index contributed by atoms with van der Waals surface area (Å²) in [6, 6.07) is 10.7. The van der Waals surface area contributed by atoms with Crippen molar-refractivity contribution in [3.05, 3.63) is 35.9 Å². The van der Waals surface area contributed by atoms with Gasteiger partial charge in [0.25, 0.3) is 0 Å². The molecule has 0 unspecified atom stereocenters. The molecule has 0 atom stereocenters. The van der Waals surface area contributed by atoms with Gasteiger partial charge in [0, 0.05) is 32.1 Å². The molecular formula is C18H26N2O. The van der Waals surface area contributed by atoms with Gasteiger partial charge in [-0.25, -0.2) is 0 Å². The number of unbranched alkanes of at least 4 members (excludes halogenated alkanes) is 1. The predicted octanol–water partition coefficient (Wildman–Crippen LogP) is 2.56. The van der Waals surface area contributed by atoms with Crippen LogP contribution >= 0.6 is 0 Å². The third kappa shape index (κ3) is 4.31. The van der Waals surface area contributed by atoms with E-state index in [9.17, 15) is 4.79 Å². The zero-order chi connectivity index (χ0) is 14.5. The van der Waals surface area contributed by atoms with Crippen LogP contribution in [0.2, 0.25) is 0 Å². The minimum atomic E-state index is 0.377. The highest BCUT2D eigenvalue weighted by molar-refractivity contribution is 5.81. The van der Waals surface area contributed by atoms with Crippen molar-refractivity contribution in [1.82, 2.24) is 9.80 Å². The topological polar surface area (TPSA) is 23.6 Å². The van der Waals surface area contributed by atoms with Crippen LogP contribution in [0.25, 0.3) is 0 Å². The number of benzene rings is 1. The number of aryl methyl sites for hydroxylation is 1. The monoisotopic (exact) mass is 286 g/mol. The fraction of sp³-hybridized carbons (Fsp3) is 0.611. The van der Waals surface area contributed by atoms with Crippen LogP contribution in [0.5, 0.6) is 0 Å². The van der Waals surface area contributed by atoms with Crippen LogP contribution in [0.1, 0.15) is 31.2 Å². The molecule has 1 aromatic carbocycles. The Balaban J connectivity index is 1.30. The van der Waals surface area contributed by atoms with Crippen molar-refractivity contribution >= 4 is 5.91 Å². The lowest BCUT2D eigenvalue weighted by Gasteiger charge is -2.34. The molecule has 1 aliphatic carbocycles. The zero-order valence-electron chi connectivity index (χ0n) is 12.8. The summed E-state index contributed by atoms with van der Waals surface area (Å²) in [4.78, 5) is 16.6. The first-order chi connectivity index (χ1) is 10.3. The maximum absolute atomic E-state index is 12.0. The molecule has 3 heteroatoms. The molecule has 0 aromatic heterocycles. The summed E-state index contributed by atoms with van der Waals surface area (Å²) in [6.07, 6.45) is 5.94. The van der Waals surface area contributed by atoms with E-state index < -0.39 is 0 Å². The zero-order valence-corrected chi connectivity index (χ0v) is 12.8. The third-order valence-electron chi connectivity index (χ3n) is 4.64. The van der Waals surface area contributed by atoms with Crippen LogP contribution in [-0.4, -0.2) is 48.4 Å². The molecule has 1 aromatic rings. The van der Waals surface area contributed by atoms with Crippen LogP contribution in [-0.2, 0) is 11.2 Å². The number of hydrogen-bond acceptors (Lipinski definition) is 2. The van der Waals surface area contributed by atoms with E-state index in [0.717, 1.165) is 39.0 Å². The Labute approximate surface area is 127 Å². The highest BCUT2D eigenvalue weighted by Crippen LogP contribution is 2.31. The van der Waals surface area contributed by atoms with Crippen LogP contribution < -0.4 is 0 Å². The molecule has 21 heavy (non-hydrogen) atoms. The van der Waals surface area contributed by atoms with E-state index in [-0.39, 0.29) is 0 Å². The highest BCUT2D eigenvalue weighted by atomic mass is 16.2. The van der Waals surface area contributed by atoms with E-state index in [4.69, 9.17) is 0 Å². The summed E-state index contributed by atoms with van der Waals surface area (Å²) in [7, 11) is 0. The lowest BCUT2D eigenvalue weighted by molar-refractivity contribution is -0.134. The molecule has 1 saturated carbocycles. The smallest absolute Gasteiger partial charge is 0.225 e. The molecule has 3 rings (SSSR count). The van der Waals surface area contributed by atoms with Crippen molar-refractivity contribution in [2.45, 2.75) is 32.1 Å². The lowest BCUT2D eigenvalue weighted by Crippen LogP contribution is -2.49. The van der Waals surface area contributed by atoms with Crippen molar-refractivity contribution in [3.63, 3.8) is 0 Å². The molecule has 114 valence electrons. The quantitative estimate of drug-likeness (QED) is 0.750. The van der Waals surface area contributed by atoms with Gasteiger partial charge < -0.3 is 4.90 Å². The molecule has 1 heterocycles. The molecular weight excluding hydrogens is 260 g/mol. The van der Waals surface area contributed by atoms with E-state index in [2.05, 4.69) is 40.1 Å². The first kappa shape index (κ1) is 14.6. The van der Waals surface area contributed by atoms with Gasteiger partial charge in [-0.1, -0.05) is 30.3 Å². The number of hydrogen-bond donors (Lipinski definition) is 0. The number of nitrogens with zero attached hydrogens (tertiary/aromatic N) is 2. The number of carbonyl (C=O) groups excluding carboxylic acids is 1. The normalized spacial score (nSPS) is 19.7. The second-order valence-electron chi connectivity index (χ2n) is 6.38. The van der Waals surface area contributed by atoms with Gasteiger partial charge in [-0.15, -0.1) is 0 Å². The first-order valence-corrected chi connectivity index (χ1v) is 8.38. The van der Waals surface area contributed by atoms with E-state index >= 15 is 0 Å². The van der Waals surface area contributed by atoms with E-state index in [1.807, 2.05) is 0 Å². The molecule has 1 aliphatic heterocycles. The Morgan fingerprint density at radius 2 is 1.71 bits per heavy atom. The van der Waals surface area contributed by atoms with Gasteiger partial charge in [-0.3, -0.25) is 9.69 Å². The Kier molecular flexibility index (Phi) is 4.91. The molecule has 0 N–H and O–H groups in total. The van der Waals surface area contributed by atoms with Crippen molar-refractivity contribution in [2.24, 2.45) is 5.92 Å². The number of carbonyl (C=O) groups is 1. The average Bonchev–Trinajstić information content (AvgIpc) is 3.37. The fourth-order valence-corrected chi connectivity index (χ4v) is 3.09. The Bertz CT molecular complexity index is 448. The predicted molar refractivity (Wildman–Crippen MR) is 85.1 cm³/mol. The lowest BCUT2D eigenvalue weighted by atomic mass is 10.1. The van der Waals surface area contributed by atoms with Crippen molar-refractivity contribution < 1.29 is 4.79 Å². The second kappa shape index (κ2) is 7.08. The summed E-state index contributed by atoms with van der Waals surface area (Å²) in [5.74, 6) is 0.793. The van der Waals surface area contributed by atoms with Gasteiger partial charge in [0.05, 0.1) is 0 Å². The molecule has 2 fully saturated rings. The summed E-state index contributed by atoms with van der Waals surface area (Å²) >= 11 is 0. The Morgan fingerprint density at radius 1 is 1.00 bits per heavy atom. The highest BCUT2D eigenvalue weighted by Gasteiger charge is 2.34. The SMILES string of the molecule is O=C(C1CC1)N1CCN(CCCCc2ccccc2)CC1. The van der Waals surface area contributed by atoms with Crippen LogP contribution in [0, 0.1) is 5.92 Å². The van der Waals surface area contributed by atoms with Crippen molar-refractivity contribution in [3.8, 4) is 0 Å². The van der Waals surface area contributed by atoms with E-state index in [1.165, 1.54) is 31.4 Å². The molecule has 0 bridgehead atoms. The van der Waals surface area contributed by atoms with E-state index in [1.54, 1.807) is 0 Å². The molecule has 0 radical (unpaired) electrons. The number of rotatable bonds is 6. The second-order valence-corrected chi connectivity index (χ2v) is 6.38. The van der Waals surface area contributed by atoms with Gasteiger partial charge in [-0.05, 0) is 44.2 Å². The molecule has 1 saturated heterocycles. The van der Waals surface area contributed by atoms with Crippen LogP contribution in [0.3, 0.4) is 0 Å². The van der Waals surface area contributed by atoms with Gasteiger partial charge >= 0.3 is 0 Å². The first-order valence-electron chi connectivity index (χ1n) is 8.38. The molecule has 2 aliphatic rings. The molecule has 3 nitrogen and oxygen atoms in total. The maximum Gasteiger partial charge on any atom is 0.225 e. The maximum atomic E-state index is 12.0. The summed E-state index contributed by atoms with van der Waals surface area (Å²) < 4.78 is 0. The molecule has 1 amide bonds. The third-order valence-corrected chi connectivity index (χ3v) is 4.64. The minimum Gasteiger partial charge on any atom is -0.340 e. The van der Waals surface area contributed by atoms with Gasteiger partial charge in [0.2, 0.25) is 5.91 Å². The van der Waals surface area contributed by atoms with Crippen LogP contribution in [0.4, 0.5) is 0 Å². The molecule has 0 spiro atoms.